The van der Waals surface area contributed by atoms with Gasteiger partial charge in [0.15, 0.2) is 0 Å². The van der Waals surface area contributed by atoms with Crippen molar-refractivity contribution in [2.75, 3.05) is 6.54 Å². The summed E-state index contributed by atoms with van der Waals surface area (Å²) in [6.07, 6.45) is 4.98. The van der Waals surface area contributed by atoms with Gasteiger partial charge in [-0.05, 0) is 25.5 Å². The van der Waals surface area contributed by atoms with Crippen LogP contribution in [0.5, 0.6) is 0 Å². The van der Waals surface area contributed by atoms with Gasteiger partial charge in [0.2, 0.25) is 0 Å². The molecule has 0 saturated carbocycles. The van der Waals surface area contributed by atoms with Gasteiger partial charge in [-0.25, -0.2) is 0 Å². The second-order valence-corrected chi connectivity index (χ2v) is 3.20. The lowest BCUT2D eigenvalue weighted by Gasteiger charge is -2.16. The molecule has 1 aromatic heterocycles. The Bertz CT molecular complexity index is 227. The number of hydrogen-bond acceptors (Lipinski definition) is 3. The Balaban J connectivity index is 2.04. The highest BCUT2D eigenvalue weighted by Gasteiger charge is 2.24. The van der Waals surface area contributed by atoms with Crippen LogP contribution in [0.4, 0.5) is 0 Å². The van der Waals surface area contributed by atoms with Gasteiger partial charge in [0, 0.05) is 11.6 Å². The van der Waals surface area contributed by atoms with Gasteiger partial charge in [-0.15, -0.1) is 0 Å². The summed E-state index contributed by atoms with van der Waals surface area (Å²) >= 11 is 0. The molecule has 3 heteroatoms. The first-order valence-corrected chi connectivity index (χ1v) is 4.31. The van der Waals surface area contributed by atoms with Crippen molar-refractivity contribution in [2.45, 2.75) is 25.0 Å². The monoisotopic (exact) mass is 167 g/mol. The molecule has 3 nitrogen and oxygen atoms in total. The average Bonchev–Trinajstić information content (AvgIpc) is 2.77. The van der Waals surface area contributed by atoms with Crippen LogP contribution in [0, 0.1) is 0 Å². The molecule has 0 amide bonds. The molecule has 66 valence electrons. The van der Waals surface area contributed by atoms with Crippen LogP contribution in [0.15, 0.2) is 23.0 Å². The summed E-state index contributed by atoms with van der Waals surface area (Å²) in [5.41, 5.74) is 0.870. The number of rotatable bonds is 2. The van der Waals surface area contributed by atoms with E-state index in [1.54, 1.807) is 12.5 Å². The largest absolute Gasteiger partial charge is 0.472 e. The molecular formula is C9H13NO2. The van der Waals surface area contributed by atoms with Crippen LogP contribution in [0.25, 0.3) is 0 Å². The van der Waals surface area contributed by atoms with E-state index in [0.717, 1.165) is 24.9 Å². The molecule has 2 rings (SSSR count). The topological polar surface area (TPSA) is 45.4 Å². The molecule has 2 atom stereocenters. The zero-order valence-corrected chi connectivity index (χ0v) is 6.86. The maximum atomic E-state index is 9.79. The van der Waals surface area contributed by atoms with Crippen molar-refractivity contribution < 1.29 is 9.52 Å². The van der Waals surface area contributed by atoms with E-state index in [4.69, 9.17) is 4.42 Å². The van der Waals surface area contributed by atoms with Gasteiger partial charge in [-0.3, -0.25) is 0 Å². The maximum Gasteiger partial charge on any atom is 0.0973 e. The molecule has 1 aliphatic heterocycles. The molecule has 1 aromatic rings. The number of aliphatic hydroxyl groups excluding tert-OH is 1. The lowest BCUT2D eigenvalue weighted by atomic mass is 10.0. The normalized spacial score (nSPS) is 25.9. The molecule has 0 aliphatic carbocycles. The standard InChI is InChI=1S/C9H13NO2/c11-9(7-3-5-12-6-7)8-2-1-4-10-8/h3,5-6,8-11H,1-2,4H2/t8-,9?/m1/s1. The van der Waals surface area contributed by atoms with E-state index >= 15 is 0 Å². The number of aliphatic hydroxyl groups is 1. The van der Waals surface area contributed by atoms with Gasteiger partial charge in [0.25, 0.3) is 0 Å². The van der Waals surface area contributed by atoms with E-state index < -0.39 is 6.10 Å². The van der Waals surface area contributed by atoms with E-state index in [1.165, 1.54) is 0 Å². The summed E-state index contributed by atoms with van der Waals surface area (Å²) in [4.78, 5) is 0. The Morgan fingerprint density at radius 3 is 3.17 bits per heavy atom. The zero-order valence-electron chi connectivity index (χ0n) is 6.86. The van der Waals surface area contributed by atoms with Gasteiger partial charge in [-0.2, -0.15) is 0 Å². The molecule has 2 heterocycles. The number of furan rings is 1. The van der Waals surface area contributed by atoms with Gasteiger partial charge in [-0.1, -0.05) is 0 Å². The van der Waals surface area contributed by atoms with Gasteiger partial charge in [0.05, 0.1) is 18.6 Å². The highest BCUT2D eigenvalue weighted by Crippen LogP contribution is 2.22. The van der Waals surface area contributed by atoms with E-state index in [2.05, 4.69) is 5.32 Å². The molecule has 1 aliphatic rings. The van der Waals surface area contributed by atoms with Crippen molar-refractivity contribution >= 4 is 0 Å². The van der Waals surface area contributed by atoms with Crippen molar-refractivity contribution in [3.63, 3.8) is 0 Å². The smallest absolute Gasteiger partial charge is 0.0973 e. The van der Waals surface area contributed by atoms with E-state index in [-0.39, 0.29) is 6.04 Å². The Morgan fingerprint density at radius 1 is 1.67 bits per heavy atom. The van der Waals surface area contributed by atoms with Crippen LogP contribution in [-0.4, -0.2) is 17.7 Å². The van der Waals surface area contributed by atoms with Crippen molar-refractivity contribution in [3.05, 3.63) is 24.2 Å². The first-order chi connectivity index (χ1) is 5.88. The third-order valence-corrected chi connectivity index (χ3v) is 2.36. The third-order valence-electron chi connectivity index (χ3n) is 2.36. The molecule has 1 unspecified atom stereocenters. The minimum absolute atomic E-state index is 0.211. The SMILES string of the molecule is OC(c1ccoc1)[C@H]1CCCN1. The fraction of sp³-hybridized carbons (Fsp3) is 0.556. The van der Waals surface area contributed by atoms with Crippen molar-refractivity contribution in [2.24, 2.45) is 0 Å². The molecule has 2 N–H and O–H groups in total. The van der Waals surface area contributed by atoms with Crippen molar-refractivity contribution in [3.8, 4) is 0 Å². The zero-order chi connectivity index (χ0) is 8.39. The van der Waals surface area contributed by atoms with E-state index in [0.29, 0.717) is 0 Å². The third kappa shape index (κ3) is 1.38. The van der Waals surface area contributed by atoms with E-state index in [9.17, 15) is 5.11 Å². The molecule has 0 spiro atoms. The van der Waals surface area contributed by atoms with Crippen LogP contribution >= 0.6 is 0 Å². The summed E-state index contributed by atoms with van der Waals surface area (Å²) in [6.45, 7) is 1.01. The van der Waals surface area contributed by atoms with Gasteiger partial charge < -0.3 is 14.8 Å². The molecule has 0 aromatic carbocycles. The number of hydrogen-bond donors (Lipinski definition) is 2. The highest BCUT2D eigenvalue weighted by atomic mass is 16.3. The maximum absolute atomic E-state index is 9.79. The second kappa shape index (κ2) is 3.29. The number of nitrogens with one attached hydrogen (secondary N) is 1. The summed E-state index contributed by atoms with van der Waals surface area (Å²) in [5.74, 6) is 0. The van der Waals surface area contributed by atoms with Gasteiger partial charge in [0.1, 0.15) is 0 Å². The Labute approximate surface area is 71.4 Å². The van der Waals surface area contributed by atoms with Crippen molar-refractivity contribution in [1.29, 1.82) is 0 Å². The summed E-state index contributed by atoms with van der Waals surface area (Å²) in [5, 5.41) is 13.0. The average molecular weight is 167 g/mol. The van der Waals surface area contributed by atoms with Crippen LogP contribution < -0.4 is 5.32 Å². The van der Waals surface area contributed by atoms with Crippen LogP contribution in [0.1, 0.15) is 24.5 Å². The van der Waals surface area contributed by atoms with Crippen molar-refractivity contribution in [1.82, 2.24) is 5.32 Å². The van der Waals surface area contributed by atoms with Crippen LogP contribution in [0.2, 0.25) is 0 Å². The summed E-state index contributed by atoms with van der Waals surface area (Å²) in [7, 11) is 0. The van der Waals surface area contributed by atoms with Crippen LogP contribution in [-0.2, 0) is 0 Å². The van der Waals surface area contributed by atoms with E-state index in [1.807, 2.05) is 6.07 Å². The summed E-state index contributed by atoms with van der Waals surface area (Å²) in [6, 6.07) is 2.02. The van der Waals surface area contributed by atoms with Gasteiger partial charge >= 0.3 is 0 Å². The fourth-order valence-electron chi connectivity index (χ4n) is 1.66. The summed E-state index contributed by atoms with van der Waals surface area (Å²) < 4.78 is 4.91. The molecule has 12 heavy (non-hydrogen) atoms. The minimum atomic E-state index is -0.411. The lowest BCUT2D eigenvalue weighted by Crippen LogP contribution is -2.28. The molecule has 1 fully saturated rings. The lowest BCUT2D eigenvalue weighted by molar-refractivity contribution is 0.137. The minimum Gasteiger partial charge on any atom is -0.472 e. The molecule has 0 radical (unpaired) electrons. The van der Waals surface area contributed by atoms with Crippen LogP contribution in [0.3, 0.4) is 0 Å². The predicted octanol–water partition coefficient (Wildman–Crippen LogP) is 1.06. The Morgan fingerprint density at radius 2 is 2.58 bits per heavy atom. The molecule has 0 bridgehead atoms. The first-order valence-electron chi connectivity index (χ1n) is 4.31. The fourth-order valence-corrected chi connectivity index (χ4v) is 1.66. The highest BCUT2D eigenvalue weighted by molar-refractivity contribution is 5.12. The Hall–Kier alpha value is -0.800. The second-order valence-electron chi connectivity index (χ2n) is 3.20. The Kier molecular flexibility index (Phi) is 2.15. The quantitative estimate of drug-likeness (QED) is 0.692. The first kappa shape index (κ1) is 7.83. The molecular weight excluding hydrogens is 154 g/mol. The predicted molar refractivity (Wildman–Crippen MR) is 44.7 cm³/mol. The molecule has 1 saturated heterocycles.